The summed E-state index contributed by atoms with van der Waals surface area (Å²) >= 11 is 0. The van der Waals surface area contributed by atoms with Crippen molar-refractivity contribution in [2.45, 2.75) is 193 Å². The second kappa shape index (κ2) is 29.6. The van der Waals surface area contributed by atoms with Crippen molar-refractivity contribution in [2.75, 3.05) is 6.61 Å². The van der Waals surface area contributed by atoms with Gasteiger partial charge in [-0.3, -0.25) is 4.79 Å². The molecule has 0 spiro atoms. The molecule has 48 heavy (non-hydrogen) atoms. The Kier molecular flexibility index (Phi) is 25.8. The molecule has 4 heteroatoms. The fourth-order valence-electron chi connectivity index (χ4n) is 6.58. The number of carbonyl (C=O) groups excluding carboxylic acids is 1. The van der Waals surface area contributed by atoms with Crippen LogP contribution in [-0.2, 0) is 17.6 Å². The molecule has 2 unspecified atom stereocenters. The van der Waals surface area contributed by atoms with Crippen LogP contribution in [0.25, 0.3) is 0 Å². The molecule has 2 aromatic rings. The van der Waals surface area contributed by atoms with Gasteiger partial charge in [-0.05, 0) is 61.1 Å². The van der Waals surface area contributed by atoms with Crippen molar-refractivity contribution in [3.05, 3.63) is 59.7 Å². The van der Waals surface area contributed by atoms with Crippen molar-refractivity contribution < 1.29 is 19.4 Å². The van der Waals surface area contributed by atoms with Gasteiger partial charge >= 0.3 is 0 Å². The van der Waals surface area contributed by atoms with Crippen LogP contribution in [0.5, 0.6) is 11.5 Å². The Bertz CT molecular complexity index is 1000. The molecule has 0 fully saturated rings. The van der Waals surface area contributed by atoms with E-state index in [4.69, 9.17) is 9.47 Å². The molecule has 0 saturated carbocycles. The number of hydrogen-bond donors (Lipinski definition) is 1. The number of aldehydes is 1. The van der Waals surface area contributed by atoms with E-state index in [1.165, 1.54) is 165 Å². The Balaban J connectivity index is 1.62. The summed E-state index contributed by atoms with van der Waals surface area (Å²) in [5.74, 6) is 1.28. The van der Waals surface area contributed by atoms with Crippen molar-refractivity contribution >= 4 is 6.29 Å². The topological polar surface area (TPSA) is 55.8 Å². The normalized spacial score (nSPS) is 12.6. The molecule has 1 N–H and O–H groups in total. The monoisotopic (exact) mass is 665 g/mol. The third-order valence-electron chi connectivity index (χ3n) is 9.70. The maximum absolute atomic E-state index is 12.0. The van der Waals surface area contributed by atoms with Gasteiger partial charge < -0.3 is 14.6 Å². The number of aliphatic hydroxyl groups is 1. The summed E-state index contributed by atoms with van der Waals surface area (Å²) in [7, 11) is 0. The summed E-state index contributed by atoms with van der Waals surface area (Å²) in [4.78, 5) is 12.0. The fraction of sp³-hybridized carbons (Fsp3) is 0.705. The number of ether oxygens (including phenoxy) is 2. The minimum absolute atomic E-state index is 0.302. The first-order valence-electron chi connectivity index (χ1n) is 20.3. The van der Waals surface area contributed by atoms with E-state index in [1.807, 2.05) is 30.3 Å². The van der Waals surface area contributed by atoms with Crippen LogP contribution in [0, 0.1) is 0 Å². The lowest BCUT2D eigenvalue weighted by Gasteiger charge is -2.23. The Hall–Kier alpha value is -2.33. The molecular weight excluding hydrogens is 592 g/mol. The lowest BCUT2D eigenvalue weighted by Crippen LogP contribution is -2.40. The molecule has 0 heterocycles. The highest BCUT2D eigenvalue weighted by molar-refractivity contribution is 5.58. The number of aliphatic hydroxyl groups excluding tert-OH is 1. The molecule has 0 radical (unpaired) electrons. The average molecular weight is 665 g/mol. The molecule has 0 aliphatic rings. The zero-order valence-corrected chi connectivity index (χ0v) is 31.1. The van der Waals surface area contributed by atoms with Gasteiger partial charge in [0.25, 0.3) is 0 Å². The van der Waals surface area contributed by atoms with Gasteiger partial charge in [-0.25, -0.2) is 0 Å². The SMILES string of the molecule is CCCCCCCCCCCCCCc1ccc(OC(C=O)C(CO)Oc2cccc(CCCCCCCCCCCCCC)c2)cc1. The molecule has 0 amide bonds. The highest BCUT2D eigenvalue weighted by Gasteiger charge is 2.24. The van der Waals surface area contributed by atoms with E-state index in [9.17, 15) is 9.90 Å². The van der Waals surface area contributed by atoms with Crippen molar-refractivity contribution in [1.29, 1.82) is 0 Å². The molecule has 0 aromatic heterocycles. The van der Waals surface area contributed by atoms with E-state index in [2.05, 4.69) is 32.0 Å². The van der Waals surface area contributed by atoms with Crippen LogP contribution in [0.4, 0.5) is 0 Å². The smallest absolute Gasteiger partial charge is 0.192 e. The minimum atomic E-state index is -0.891. The molecule has 0 aliphatic heterocycles. The van der Waals surface area contributed by atoms with Crippen LogP contribution in [0.2, 0.25) is 0 Å². The molecule has 0 bridgehead atoms. The maximum atomic E-state index is 12.0. The van der Waals surface area contributed by atoms with Crippen LogP contribution in [0.3, 0.4) is 0 Å². The first-order valence-corrected chi connectivity index (χ1v) is 20.3. The standard InChI is InChI=1S/C44H72O4/c1-3-5-7-9-11-13-15-17-19-21-23-25-28-39-32-34-41(35-33-39)47-43(37-45)44(38-46)48-42-31-27-30-40(36-42)29-26-24-22-20-18-16-14-12-10-8-6-4-2/h27,30-37,43-44,46H,3-26,28-29,38H2,1-2H3. The van der Waals surface area contributed by atoms with Gasteiger partial charge in [-0.1, -0.05) is 179 Å². The van der Waals surface area contributed by atoms with Crippen LogP contribution >= 0.6 is 0 Å². The summed E-state index contributed by atoms with van der Waals surface area (Å²) < 4.78 is 12.1. The number of benzene rings is 2. The highest BCUT2D eigenvalue weighted by Crippen LogP contribution is 2.22. The van der Waals surface area contributed by atoms with Crippen LogP contribution in [-0.4, -0.2) is 30.2 Å². The third kappa shape index (κ3) is 20.9. The molecule has 4 nitrogen and oxygen atoms in total. The molecule has 272 valence electrons. The molecular formula is C44H72O4. The highest BCUT2D eigenvalue weighted by atomic mass is 16.6. The molecule has 2 rings (SSSR count). The van der Waals surface area contributed by atoms with E-state index in [0.29, 0.717) is 11.5 Å². The predicted molar refractivity (Wildman–Crippen MR) is 204 cm³/mol. The summed E-state index contributed by atoms with van der Waals surface area (Å²) in [6, 6.07) is 16.1. The lowest BCUT2D eigenvalue weighted by molar-refractivity contribution is -0.118. The Morgan fingerprint density at radius 1 is 0.521 bits per heavy atom. The van der Waals surface area contributed by atoms with E-state index >= 15 is 0 Å². The lowest BCUT2D eigenvalue weighted by atomic mass is 10.0. The second-order valence-corrected chi connectivity index (χ2v) is 14.1. The van der Waals surface area contributed by atoms with Crippen LogP contribution < -0.4 is 9.47 Å². The number of hydrogen-bond acceptors (Lipinski definition) is 4. The van der Waals surface area contributed by atoms with E-state index < -0.39 is 12.2 Å². The summed E-state index contributed by atoms with van der Waals surface area (Å²) in [5, 5.41) is 10.1. The Morgan fingerprint density at radius 2 is 0.958 bits per heavy atom. The van der Waals surface area contributed by atoms with Gasteiger partial charge in [0.05, 0.1) is 6.61 Å². The minimum Gasteiger partial charge on any atom is -0.484 e. The van der Waals surface area contributed by atoms with Gasteiger partial charge in [-0.15, -0.1) is 0 Å². The van der Waals surface area contributed by atoms with Crippen molar-refractivity contribution in [1.82, 2.24) is 0 Å². The number of unbranched alkanes of at least 4 members (excludes halogenated alkanes) is 22. The zero-order chi connectivity index (χ0) is 34.3. The third-order valence-corrected chi connectivity index (χ3v) is 9.70. The average Bonchev–Trinajstić information content (AvgIpc) is 3.11. The van der Waals surface area contributed by atoms with E-state index in [-0.39, 0.29) is 6.61 Å². The first kappa shape index (κ1) is 41.8. The molecule has 2 atom stereocenters. The van der Waals surface area contributed by atoms with Gasteiger partial charge in [0.15, 0.2) is 18.5 Å². The summed E-state index contributed by atoms with van der Waals surface area (Å²) in [6.45, 7) is 4.25. The van der Waals surface area contributed by atoms with Crippen molar-refractivity contribution in [3.8, 4) is 11.5 Å². The van der Waals surface area contributed by atoms with Crippen LogP contribution in [0.15, 0.2) is 48.5 Å². The first-order chi connectivity index (χ1) is 23.7. The largest absolute Gasteiger partial charge is 0.484 e. The predicted octanol–water partition coefficient (Wildman–Crippen LogP) is 12.6. The quantitative estimate of drug-likeness (QED) is 0.0609. The number of carbonyl (C=O) groups is 1. The summed E-state index contributed by atoms with van der Waals surface area (Å²) in [6.07, 6.45) is 33.6. The van der Waals surface area contributed by atoms with Crippen molar-refractivity contribution in [3.63, 3.8) is 0 Å². The fourth-order valence-corrected chi connectivity index (χ4v) is 6.58. The van der Waals surface area contributed by atoms with Gasteiger partial charge in [0, 0.05) is 0 Å². The van der Waals surface area contributed by atoms with Gasteiger partial charge in [-0.2, -0.15) is 0 Å². The second-order valence-electron chi connectivity index (χ2n) is 14.1. The van der Waals surface area contributed by atoms with E-state index in [1.54, 1.807) is 0 Å². The number of aryl methyl sites for hydroxylation is 2. The Labute approximate surface area is 295 Å². The Morgan fingerprint density at radius 3 is 1.40 bits per heavy atom. The van der Waals surface area contributed by atoms with E-state index in [0.717, 1.165) is 19.1 Å². The van der Waals surface area contributed by atoms with Gasteiger partial charge in [0.2, 0.25) is 0 Å². The molecule has 2 aromatic carbocycles. The maximum Gasteiger partial charge on any atom is 0.192 e. The molecule has 0 saturated heterocycles. The zero-order valence-electron chi connectivity index (χ0n) is 31.1. The molecule has 0 aliphatic carbocycles. The van der Waals surface area contributed by atoms with Crippen molar-refractivity contribution in [2.24, 2.45) is 0 Å². The number of rotatable bonds is 33. The summed E-state index contributed by atoms with van der Waals surface area (Å²) in [5.41, 5.74) is 2.51. The van der Waals surface area contributed by atoms with Crippen LogP contribution in [0.1, 0.15) is 179 Å². The van der Waals surface area contributed by atoms with Gasteiger partial charge in [0.1, 0.15) is 11.5 Å².